The van der Waals surface area contributed by atoms with Gasteiger partial charge in [0.25, 0.3) is 5.70 Å². The number of hydrogen-bond acceptors (Lipinski definition) is 5. The van der Waals surface area contributed by atoms with Gasteiger partial charge in [-0.05, 0) is 79.8 Å². The van der Waals surface area contributed by atoms with E-state index in [4.69, 9.17) is 6.57 Å². The van der Waals surface area contributed by atoms with Gasteiger partial charge >= 0.3 is 0 Å². The molecule has 0 unspecified atom stereocenters. The zero-order chi connectivity index (χ0) is 35.3. The predicted molar refractivity (Wildman–Crippen MR) is 198 cm³/mol. The lowest BCUT2D eigenvalue weighted by atomic mass is 9.69. The first-order valence-electron chi connectivity index (χ1n) is 17.0. The zero-order valence-corrected chi connectivity index (χ0v) is 28.5. The third-order valence-electron chi connectivity index (χ3n) is 10.1. The molecule has 0 spiro atoms. The maximum Gasteiger partial charge on any atom is 0.270 e. The van der Waals surface area contributed by atoms with Crippen molar-refractivity contribution in [2.75, 3.05) is 31.1 Å². The van der Waals surface area contributed by atoms with Crippen molar-refractivity contribution in [1.82, 2.24) is 0 Å². The van der Waals surface area contributed by atoms with Gasteiger partial charge in [0.15, 0.2) is 0 Å². The SMILES string of the molecule is [C-]#[N+]/C(C#N)=C1\C(=C2c3ccccc3C(=[N+](CC)CC)c3ccccc32)C([O-])=C1c1c2c(O)cccc2c(N(CC)CC)c2cccc(O)c12. The summed E-state index contributed by atoms with van der Waals surface area (Å²) in [7, 11) is 0. The molecule has 7 rings (SSSR count). The molecular weight excluding hydrogens is 620 g/mol. The number of benzene rings is 5. The van der Waals surface area contributed by atoms with E-state index < -0.39 is 0 Å². The minimum absolute atomic E-state index is 0.0649. The van der Waals surface area contributed by atoms with Crippen LogP contribution in [0.1, 0.15) is 55.5 Å². The third-order valence-corrected chi connectivity index (χ3v) is 10.1. The van der Waals surface area contributed by atoms with Crippen molar-refractivity contribution < 1.29 is 19.9 Å². The number of phenols is 2. The van der Waals surface area contributed by atoms with Crippen molar-refractivity contribution in [3.63, 3.8) is 0 Å². The molecular formula is C43H36N4O3. The quantitative estimate of drug-likeness (QED) is 0.0828. The topological polar surface area (TPSA) is 97.9 Å². The summed E-state index contributed by atoms with van der Waals surface area (Å²) >= 11 is 0. The van der Waals surface area contributed by atoms with E-state index in [0.717, 1.165) is 46.7 Å². The summed E-state index contributed by atoms with van der Waals surface area (Å²) in [4.78, 5) is 5.81. The Morgan fingerprint density at radius 2 is 1.24 bits per heavy atom. The van der Waals surface area contributed by atoms with E-state index in [1.807, 2.05) is 62.4 Å². The lowest BCUT2D eigenvalue weighted by molar-refractivity contribution is -0.519. The van der Waals surface area contributed by atoms with Crippen LogP contribution in [0.5, 0.6) is 11.5 Å². The number of phenolic OH excluding ortho intramolecular Hbond substituents is 2. The first-order chi connectivity index (χ1) is 24.4. The van der Waals surface area contributed by atoms with Crippen LogP contribution < -0.4 is 10.0 Å². The van der Waals surface area contributed by atoms with E-state index in [-0.39, 0.29) is 39.7 Å². The Hall–Kier alpha value is -6.31. The van der Waals surface area contributed by atoms with E-state index in [0.29, 0.717) is 45.8 Å². The molecule has 0 aromatic heterocycles. The van der Waals surface area contributed by atoms with Crippen LogP contribution in [0.4, 0.5) is 5.69 Å². The number of fused-ring (bicyclic) bond motifs is 4. The highest BCUT2D eigenvalue weighted by Crippen LogP contribution is 2.57. The van der Waals surface area contributed by atoms with Gasteiger partial charge < -0.3 is 20.2 Å². The number of aromatic hydroxyl groups is 2. The summed E-state index contributed by atoms with van der Waals surface area (Å²) in [5.74, 6) is -0.484. The molecule has 0 bridgehead atoms. The molecule has 5 aromatic carbocycles. The summed E-state index contributed by atoms with van der Waals surface area (Å²) in [5, 5.41) is 50.8. The lowest BCUT2D eigenvalue weighted by Crippen LogP contribution is -2.30. The van der Waals surface area contributed by atoms with Gasteiger partial charge in [0.1, 0.15) is 24.6 Å². The van der Waals surface area contributed by atoms with Crippen LogP contribution in [-0.2, 0) is 0 Å². The van der Waals surface area contributed by atoms with Gasteiger partial charge in [-0.15, -0.1) is 0 Å². The molecule has 0 amide bonds. The first-order valence-corrected chi connectivity index (χ1v) is 17.0. The standard InChI is InChI=1S/C43H36N4O3/c1-6-46(7-2)41-27-18-12-10-16-25(27)34(26-17-11-13-19-28(26)41)39-37(31(24-44)45-5)40(43(39)50)38-35-29(20-14-22-32(35)48)42(47(8-3)9-4)30-21-15-23-33(49)36(30)38/h10-23H,6-9H2,1-4H3,(H2-,48,49,50)/b37-31+. The number of allylic oxidation sites excluding steroid dienone is 3. The highest BCUT2D eigenvalue weighted by atomic mass is 16.3. The summed E-state index contributed by atoms with van der Waals surface area (Å²) in [6.45, 7) is 19.3. The Kier molecular flexibility index (Phi) is 8.14. The molecule has 50 heavy (non-hydrogen) atoms. The van der Waals surface area contributed by atoms with E-state index in [1.165, 1.54) is 0 Å². The van der Waals surface area contributed by atoms with Crippen LogP contribution in [0.3, 0.4) is 0 Å². The maximum atomic E-state index is 15.1. The van der Waals surface area contributed by atoms with Gasteiger partial charge in [0.05, 0.1) is 29.5 Å². The van der Waals surface area contributed by atoms with Crippen LogP contribution in [0, 0.1) is 17.9 Å². The molecule has 7 nitrogen and oxygen atoms in total. The van der Waals surface area contributed by atoms with Crippen molar-refractivity contribution >= 4 is 44.1 Å². The number of nitriles is 1. The second-order valence-electron chi connectivity index (χ2n) is 12.3. The third kappa shape index (κ3) is 4.51. The monoisotopic (exact) mass is 656 g/mol. The van der Waals surface area contributed by atoms with Crippen LogP contribution in [0.15, 0.2) is 108 Å². The maximum absolute atomic E-state index is 15.1. The average Bonchev–Trinajstić information content (AvgIpc) is 3.14. The largest absolute Gasteiger partial charge is 0.872 e. The Morgan fingerprint density at radius 3 is 1.68 bits per heavy atom. The second-order valence-corrected chi connectivity index (χ2v) is 12.3. The molecule has 0 aliphatic heterocycles. The van der Waals surface area contributed by atoms with E-state index in [2.05, 4.69) is 46.4 Å². The van der Waals surface area contributed by atoms with Crippen molar-refractivity contribution in [2.24, 2.45) is 0 Å². The normalized spacial score (nSPS) is 14.6. The van der Waals surface area contributed by atoms with Crippen LogP contribution >= 0.6 is 0 Å². The van der Waals surface area contributed by atoms with Crippen molar-refractivity contribution in [2.45, 2.75) is 27.7 Å². The molecule has 0 saturated heterocycles. The fraction of sp³-hybridized carbons (Fsp3) is 0.186. The van der Waals surface area contributed by atoms with Crippen LogP contribution in [0.2, 0.25) is 0 Å². The fourth-order valence-electron chi connectivity index (χ4n) is 7.92. The minimum atomic E-state index is -0.355. The fourth-order valence-corrected chi connectivity index (χ4v) is 7.92. The molecule has 2 N–H and O–H groups in total. The molecule has 2 aliphatic carbocycles. The highest BCUT2D eigenvalue weighted by molar-refractivity contribution is 6.26. The van der Waals surface area contributed by atoms with Gasteiger partial charge in [-0.2, -0.15) is 0 Å². The van der Waals surface area contributed by atoms with Gasteiger partial charge in [0, 0.05) is 45.8 Å². The molecule has 0 fully saturated rings. The zero-order valence-electron chi connectivity index (χ0n) is 28.5. The molecule has 2 aliphatic rings. The number of nitrogens with zero attached hydrogens (tertiary/aromatic N) is 4. The number of anilines is 1. The number of rotatable bonds is 6. The molecule has 7 heteroatoms. The van der Waals surface area contributed by atoms with E-state index >= 15 is 5.11 Å². The van der Waals surface area contributed by atoms with Crippen molar-refractivity contribution in [3.8, 4) is 17.6 Å². The summed E-state index contributed by atoms with van der Waals surface area (Å²) < 4.78 is 2.30. The van der Waals surface area contributed by atoms with Gasteiger partial charge in [-0.3, -0.25) is 0 Å². The molecule has 0 radical (unpaired) electrons. The van der Waals surface area contributed by atoms with E-state index in [9.17, 15) is 15.5 Å². The predicted octanol–water partition coefficient (Wildman–Crippen LogP) is 7.74. The Morgan fingerprint density at radius 1 is 0.740 bits per heavy atom. The van der Waals surface area contributed by atoms with E-state index in [1.54, 1.807) is 24.3 Å². The molecule has 246 valence electrons. The molecule has 5 aromatic rings. The molecule has 0 saturated carbocycles. The first kappa shape index (κ1) is 32.2. The smallest absolute Gasteiger partial charge is 0.270 e. The highest BCUT2D eigenvalue weighted by Gasteiger charge is 2.39. The summed E-state index contributed by atoms with van der Waals surface area (Å²) in [5.41, 5.74) is 6.90. The van der Waals surface area contributed by atoms with Crippen molar-refractivity contribution in [1.29, 1.82) is 5.26 Å². The average molecular weight is 657 g/mol. The minimum Gasteiger partial charge on any atom is -0.872 e. The van der Waals surface area contributed by atoms with Crippen LogP contribution in [-0.4, -0.2) is 46.7 Å². The Labute approximate surface area is 291 Å². The Balaban J connectivity index is 1.70. The summed E-state index contributed by atoms with van der Waals surface area (Å²) in [6, 6.07) is 28.5. The van der Waals surface area contributed by atoms with Gasteiger partial charge in [-0.1, -0.05) is 66.4 Å². The van der Waals surface area contributed by atoms with Gasteiger partial charge in [-0.25, -0.2) is 14.7 Å². The van der Waals surface area contributed by atoms with Gasteiger partial charge in [0.2, 0.25) is 5.71 Å². The molecule has 0 heterocycles. The summed E-state index contributed by atoms with van der Waals surface area (Å²) in [6.07, 6.45) is 0. The Bertz CT molecular complexity index is 2350. The molecule has 0 atom stereocenters. The lowest BCUT2D eigenvalue weighted by Gasteiger charge is -2.41. The second kappa shape index (κ2) is 12.6. The number of hydrogen-bond donors (Lipinski definition) is 2. The van der Waals surface area contributed by atoms with Crippen molar-refractivity contribution in [3.05, 3.63) is 147 Å². The van der Waals surface area contributed by atoms with Crippen LogP contribution in [0.25, 0.3) is 37.5 Å².